The van der Waals surface area contributed by atoms with Crippen molar-refractivity contribution in [1.29, 1.82) is 5.26 Å². The Kier molecular flexibility index (Phi) is 2.74. The van der Waals surface area contributed by atoms with Crippen molar-refractivity contribution in [3.63, 3.8) is 0 Å². The molecule has 5 nitrogen and oxygen atoms in total. The number of anilines is 2. The molecule has 1 aromatic carbocycles. The number of nitriles is 1. The lowest BCUT2D eigenvalue weighted by atomic mass is 10.2. The van der Waals surface area contributed by atoms with Gasteiger partial charge in [-0.15, -0.1) is 0 Å². The Bertz CT molecular complexity index is 510. The molecule has 0 atom stereocenters. The highest BCUT2D eigenvalue weighted by atomic mass is 15.1. The maximum atomic E-state index is 8.82. The van der Waals surface area contributed by atoms with Gasteiger partial charge in [0.2, 0.25) is 0 Å². The van der Waals surface area contributed by atoms with Gasteiger partial charge < -0.3 is 11.1 Å². The highest BCUT2D eigenvalue weighted by molar-refractivity contribution is 5.61. The maximum Gasteiger partial charge on any atom is 0.101 e. The largest absolute Gasteiger partial charge is 0.398 e. The molecule has 0 bridgehead atoms. The fourth-order valence-electron chi connectivity index (χ4n) is 1.34. The van der Waals surface area contributed by atoms with Crippen molar-refractivity contribution in [3.8, 4) is 6.07 Å². The number of nitrogens with one attached hydrogen (secondary N) is 2. The van der Waals surface area contributed by atoms with Crippen LogP contribution in [0.15, 0.2) is 30.5 Å². The first-order valence-electron chi connectivity index (χ1n) is 4.81. The topological polar surface area (TPSA) is 90.5 Å². The van der Waals surface area contributed by atoms with Gasteiger partial charge >= 0.3 is 0 Å². The summed E-state index contributed by atoms with van der Waals surface area (Å²) in [5.74, 6) is 0. The number of nitrogens with zero attached hydrogens (tertiary/aromatic N) is 2. The number of nitrogen functional groups attached to an aromatic ring is 1. The Morgan fingerprint density at radius 1 is 1.44 bits per heavy atom. The molecule has 0 amide bonds. The average molecular weight is 213 g/mol. The van der Waals surface area contributed by atoms with Crippen LogP contribution < -0.4 is 11.1 Å². The summed E-state index contributed by atoms with van der Waals surface area (Å²) in [7, 11) is 0. The molecule has 0 saturated carbocycles. The van der Waals surface area contributed by atoms with Crippen LogP contribution in [-0.2, 0) is 6.54 Å². The lowest BCUT2D eigenvalue weighted by molar-refractivity contribution is 0.981. The van der Waals surface area contributed by atoms with Gasteiger partial charge in [0, 0.05) is 17.6 Å². The minimum absolute atomic E-state index is 0.481. The van der Waals surface area contributed by atoms with Crippen molar-refractivity contribution in [1.82, 2.24) is 10.2 Å². The van der Waals surface area contributed by atoms with Crippen molar-refractivity contribution in [3.05, 3.63) is 41.7 Å². The van der Waals surface area contributed by atoms with Gasteiger partial charge in [0.05, 0.1) is 17.8 Å². The quantitative estimate of drug-likeness (QED) is 0.673. The molecule has 0 fully saturated rings. The van der Waals surface area contributed by atoms with Gasteiger partial charge in [-0.05, 0) is 24.3 Å². The Morgan fingerprint density at radius 3 is 3.00 bits per heavy atom. The normalized spacial score (nSPS) is 9.69. The van der Waals surface area contributed by atoms with Gasteiger partial charge in [0.1, 0.15) is 6.07 Å². The predicted molar refractivity (Wildman–Crippen MR) is 61.5 cm³/mol. The Labute approximate surface area is 92.9 Å². The minimum atomic E-state index is 0.481. The van der Waals surface area contributed by atoms with E-state index in [1.165, 1.54) is 0 Å². The molecule has 1 aromatic heterocycles. The van der Waals surface area contributed by atoms with Gasteiger partial charge in [-0.25, -0.2) is 0 Å². The van der Waals surface area contributed by atoms with Crippen LogP contribution in [-0.4, -0.2) is 10.2 Å². The molecule has 0 radical (unpaired) electrons. The van der Waals surface area contributed by atoms with Crippen LogP contribution in [0.5, 0.6) is 0 Å². The van der Waals surface area contributed by atoms with E-state index in [1.54, 1.807) is 18.3 Å². The highest BCUT2D eigenvalue weighted by Crippen LogP contribution is 2.17. The maximum absolute atomic E-state index is 8.82. The lowest BCUT2D eigenvalue weighted by Crippen LogP contribution is -2.01. The van der Waals surface area contributed by atoms with Crippen LogP contribution in [0, 0.1) is 11.3 Å². The van der Waals surface area contributed by atoms with Gasteiger partial charge in [0.15, 0.2) is 0 Å². The third kappa shape index (κ3) is 2.12. The summed E-state index contributed by atoms with van der Waals surface area (Å²) in [6.07, 6.45) is 1.70. The molecule has 0 saturated heterocycles. The van der Waals surface area contributed by atoms with E-state index in [0.717, 1.165) is 11.4 Å². The van der Waals surface area contributed by atoms with Crippen molar-refractivity contribution in [2.45, 2.75) is 6.54 Å². The Balaban J connectivity index is 2.08. The van der Waals surface area contributed by atoms with Gasteiger partial charge in [-0.2, -0.15) is 10.4 Å². The van der Waals surface area contributed by atoms with Crippen LogP contribution in [0.3, 0.4) is 0 Å². The van der Waals surface area contributed by atoms with Crippen molar-refractivity contribution < 1.29 is 0 Å². The predicted octanol–water partition coefficient (Wildman–Crippen LogP) is 1.48. The standard InChI is InChI=1S/C11H11N5/c12-6-8-5-9(1-2-11(8)13)14-7-10-3-4-15-16-10/h1-5,14H,7,13H2,(H,15,16). The minimum Gasteiger partial charge on any atom is -0.398 e. The molecule has 0 spiro atoms. The van der Waals surface area contributed by atoms with E-state index in [-0.39, 0.29) is 0 Å². The first-order chi connectivity index (χ1) is 7.79. The molecule has 2 aromatic rings. The van der Waals surface area contributed by atoms with E-state index < -0.39 is 0 Å². The van der Waals surface area contributed by atoms with Crippen LogP contribution in [0.25, 0.3) is 0 Å². The summed E-state index contributed by atoms with van der Waals surface area (Å²) in [5.41, 5.74) is 8.44. The number of nitrogens with two attached hydrogens (primary N) is 1. The number of rotatable bonds is 3. The Morgan fingerprint density at radius 2 is 2.31 bits per heavy atom. The summed E-state index contributed by atoms with van der Waals surface area (Å²) < 4.78 is 0. The third-order valence-corrected chi connectivity index (χ3v) is 2.22. The summed E-state index contributed by atoms with van der Waals surface area (Å²) in [4.78, 5) is 0. The highest BCUT2D eigenvalue weighted by Gasteiger charge is 2.00. The molecule has 1 heterocycles. The van der Waals surface area contributed by atoms with Gasteiger partial charge in [-0.3, -0.25) is 5.10 Å². The lowest BCUT2D eigenvalue weighted by Gasteiger charge is -2.06. The molecule has 0 aliphatic heterocycles. The molecule has 5 heteroatoms. The molecular weight excluding hydrogens is 202 g/mol. The van der Waals surface area contributed by atoms with E-state index in [4.69, 9.17) is 11.0 Å². The number of aromatic nitrogens is 2. The second-order valence-electron chi connectivity index (χ2n) is 3.35. The molecule has 0 aliphatic carbocycles. The van der Waals surface area contributed by atoms with Crippen molar-refractivity contribution in [2.24, 2.45) is 0 Å². The summed E-state index contributed by atoms with van der Waals surface area (Å²) in [6, 6.07) is 9.21. The molecule has 4 N–H and O–H groups in total. The molecule has 0 unspecified atom stereocenters. The van der Waals surface area contributed by atoms with Crippen LogP contribution in [0.2, 0.25) is 0 Å². The summed E-state index contributed by atoms with van der Waals surface area (Å²) in [6.45, 7) is 0.634. The first-order valence-corrected chi connectivity index (χ1v) is 4.81. The fraction of sp³-hybridized carbons (Fsp3) is 0.0909. The zero-order chi connectivity index (χ0) is 11.4. The molecule has 0 aliphatic rings. The van der Waals surface area contributed by atoms with E-state index in [9.17, 15) is 0 Å². The van der Waals surface area contributed by atoms with Crippen LogP contribution in [0.1, 0.15) is 11.3 Å². The van der Waals surface area contributed by atoms with Gasteiger partial charge in [-0.1, -0.05) is 0 Å². The van der Waals surface area contributed by atoms with E-state index in [1.807, 2.05) is 18.2 Å². The van der Waals surface area contributed by atoms with E-state index >= 15 is 0 Å². The second kappa shape index (κ2) is 4.36. The van der Waals surface area contributed by atoms with Crippen LogP contribution >= 0.6 is 0 Å². The van der Waals surface area contributed by atoms with Gasteiger partial charge in [0.25, 0.3) is 0 Å². The summed E-state index contributed by atoms with van der Waals surface area (Å²) in [5, 5.41) is 18.7. The number of hydrogen-bond donors (Lipinski definition) is 3. The van der Waals surface area contributed by atoms with Crippen molar-refractivity contribution in [2.75, 3.05) is 11.1 Å². The number of H-pyrrole nitrogens is 1. The first kappa shape index (κ1) is 10.1. The number of benzene rings is 1. The summed E-state index contributed by atoms with van der Waals surface area (Å²) >= 11 is 0. The third-order valence-electron chi connectivity index (χ3n) is 2.22. The molecule has 2 rings (SSSR count). The van der Waals surface area contributed by atoms with E-state index in [0.29, 0.717) is 17.8 Å². The van der Waals surface area contributed by atoms with Crippen LogP contribution in [0.4, 0.5) is 11.4 Å². The second-order valence-corrected chi connectivity index (χ2v) is 3.35. The Hall–Kier alpha value is -2.48. The van der Waals surface area contributed by atoms with E-state index in [2.05, 4.69) is 15.5 Å². The molecule has 16 heavy (non-hydrogen) atoms. The monoisotopic (exact) mass is 213 g/mol. The average Bonchev–Trinajstić information content (AvgIpc) is 2.81. The SMILES string of the molecule is N#Cc1cc(NCc2ccn[nH]2)ccc1N. The van der Waals surface area contributed by atoms with Crippen molar-refractivity contribution >= 4 is 11.4 Å². The number of hydrogen-bond acceptors (Lipinski definition) is 4. The smallest absolute Gasteiger partial charge is 0.101 e. The fourth-order valence-corrected chi connectivity index (χ4v) is 1.34. The molecule has 80 valence electrons. The molecular formula is C11H11N5. The number of aromatic amines is 1. The zero-order valence-corrected chi connectivity index (χ0v) is 8.57. The zero-order valence-electron chi connectivity index (χ0n) is 8.57.